The molecule has 0 saturated heterocycles. The van der Waals surface area contributed by atoms with Crippen molar-refractivity contribution < 1.29 is 13.2 Å². The van der Waals surface area contributed by atoms with E-state index in [0.717, 1.165) is 25.7 Å². The van der Waals surface area contributed by atoms with Crippen molar-refractivity contribution in [3.8, 4) is 0 Å². The molecule has 0 aromatic heterocycles. The van der Waals surface area contributed by atoms with Gasteiger partial charge in [-0.25, -0.2) is 0 Å². The van der Waals surface area contributed by atoms with Crippen LogP contribution in [-0.4, -0.2) is 36.5 Å². The maximum atomic E-state index is 12.3. The first-order valence-corrected chi connectivity index (χ1v) is 6.44. The lowest BCUT2D eigenvalue weighted by molar-refractivity contribution is -0.148. The molecule has 1 nitrogen and oxygen atoms in total. The lowest BCUT2D eigenvalue weighted by atomic mass is 9.88. The van der Waals surface area contributed by atoms with E-state index in [4.69, 9.17) is 0 Å². The Bertz CT molecular complexity index is 212. The number of hydrogen-bond donors (Lipinski definition) is 1. The molecule has 1 rings (SSSR count). The molecule has 0 N–H and O–H groups in total. The Labute approximate surface area is 101 Å². The minimum absolute atomic E-state index is 0.0182. The van der Waals surface area contributed by atoms with Crippen LogP contribution in [0, 0.1) is 5.41 Å². The van der Waals surface area contributed by atoms with Gasteiger partial charge in [0.15, 0.2) is 0 Å². The van der Waals surface area contributed by atoms with Crippen molar-refractivity contribution in [2.75, 3.05) is 25.4 Å². The molecule has 0 atom stereocenters. The minimum Gasteiger partial charge on any atom is -0.295 e. The van der Waals surface area contributed by atoms with Gasteiger partial charge >= 0.3 is 6.18 Å². The van der Waals surface area contributed by atoms with E-state index in [9.17, 15) is 13.2 Å². The van der Waals surface area contributed by atoms with Gasteiger partial charge in [0, 0.05) is 6.54 Å². The second kappa shape index (κ2) is 5.63. The summed E-state index contributed by atoms with van der Waals surface area (Å²) in [7, 11) is 0. The molecule has 1 saturated carbocycles. The molecule has 0 heterocycles. The fourth-order valence-electron chi connectivity index (χ4n) is 2.50. The Morgan fingerprint density at radius 3 is 2.19 bits per heavy atom. The van der Waals surface area contributed by atoms with E-state index in [-0.39, 0.29) is 5.41 Å². The number of alkyl halides is 3. The van der Waals surface area contributed by atoms with E-state index < -0.39 is 12.7 Å². The molecule has 5 heteroatoms. The van der Waals surface area contributed by atoms with Crippen LogP contribution < -0.4 is 0 Å². The van der Waals surface area contributed by atoms with Crippen LogP contribution in [0.5, 0.6) is 0 Å². The van der Waals surface area contributed by atoms with Gasteiger partial charge in [-0.2, -0.15) is 25.8 Å². The smallest absolute Gasteiger partial charge is 0.295 e. The van der Waals surface area contributed by atoms with Gasteiger partial charge in [-0.3, -0.25) is 4.90 Å². The standard InChI is InChI=1S/C11H20F3NS/c1-2-15(8-11(12,13)14)7-10(9-16)5-3-4-6-10/h16H,2-9H2,1H3. The lowest BCUT2D eigenvalue weighted by Crippen LogP contribution is -2.42. The lowest BCUT2D eigenvalue weighted by Gasteiger charge is -2.34. The number of nitrogens with zero attached hydrogens (tertiary/aromatic N) is 1. The van der Waals surface area contributed by atoms with Gasteiger partial charge < -0.3 is 0 Å². The summed E-state index contributed by atoms with van der Waals surface area (Å²) in [5.41, 5.74) is 0.0182. The van der Waals surface area contributed by atoms with Gasteiger partial charge in [-0.1, -0.05) is 19.8 Å². The predicted molar refractivity (Wildman–Crippen MR) is 62.9 cm³/mol. The molecule has 0 unspecified atom stereocenters. The predicted octanol–water partition coefficient (Wildman–Crippen LogP) is 3.36. The van der Waals surface area contributed by atoms with Gasteiger partial charge in [0.05, 0.1) is 6.54 Å². The summed E-state index contributed by atoms with van der Waals surface area (Å²) < 4.78 is 37.0. The van der Waals surface area contributed by atoms with Crippen molar-refractivity contribution >= 4 is 12.6 Å². The molecule has 0 aromatic rings. The van der Waals surface area contributed by atoms with Crippen molar-refractivity contribution in [2.24, 2.45) is 5.41 Å². The Hall–Kier alpha value is 0.100. The minimum atomic E-state index is -4.09. The summed E-state index contributed by atoms with van der Waals surface area (Å²) in [5.74, 6) is 0.696. The monoisotopic (exact) mass is 255 g/mol. The molecule has 1 aliphatic carbocycles. The topological polar surface area (TPSA) is 3.24 Å². The maximum Gasteiger partial charge on any atom is 0.401 e. The summed E-state index contributed by atoms with van der Waals surface area (Å²) in [6, 6.07) is 0. The Morgan fingerprint density at radius 2 is 1.81 bits per heavy atom. The van der Waals surface area contributed by atoms with Crippen LogP contribution in [0.3, 0.4) is 0 Å². The number of hydrogen-bond acceptors (Lipinski definition) is 2. The third kappa shape index (κ3) is 4.17. The van der Waals surface area contributed by atoms with Crippen LogP contribution in [-0.2, 0) is 0 Å². The van der Waals surface area contributed by atoms with Gasteiger partial charge in [-0.05, 0) is 30.6 Å². The zero-order valence-corrected chi connectivity index (χ0v) is 10.6. The highest BCUT2D eigenvalue weighted by atomic mass is 32.1. The van der Waals surface area contributed by atoms with Crippen LogP contribution >= 0.6 is 12.6 Å². The Kier molecular flexibility index (Phi) is 4.98. The van der Waals surface area contributed by atoms with Crippen molar-refractivity contribution in [2.45, 2.75) is 38.8 Å². The normalized spacial score (nSPS) is 20.6. The van der Waals surface area contributed by atoms with Crippen LogP contribution in [0.25, 0.3) is 0 Å². The Morgan fingerprint density at radius 1 is 1.25 bits per heavy atom. The molecule has 1 aliphatic rings. The van der Waals surface area contributed by atoms with Crippen LogP contribution in [0.4, 0.5) is 13.2 Å². The van der Waals surface area contributed by atoms with E-state index in [2.05, 4.69) is 12.6 Å². The molecule has 1 fully saturated rings. The highest BCUT2D eigenvalue weighted by Crippen LogP contribution is 2.40. The molecule has 0 bridgehead atoms. The first kappa shape index (κ1) is 14.2. The van der Waals surface area contributed by atoms with E-state index in [1.165, 1.54) is 4.90 Å². The average Bonchev–Trinajstić information content (AvgIpc) is 2.64. The first-order chi connectivity index (χ1) is 7.41. The van der Waals surface area contributed by atoms with Crippen molar-refractivity contribution in [1.82, 2.24) is 4.90 Å². The summed E-state index contributed by atoms with van der Waals surface area (Å²) >= 11 is 4.32. The maximum absolute atomic E-state index is 12.3. The van der Waals surface area contributed by atoms with E-state index >= 15 is 0 Å². The second-order valence-electron chi connectivity index (χ2n) is 4.78. The summed E-state index contributed by atoms with van der Waals surface area (Å²) in [6.07, 6.45) is 0.205. The van der Waals surface area contributed by atoms with E-state index in [0.29, 0.717) is 18.8 Å². The quantitative estimate of drug-likeness (QED) is 0.737. The molecule has 0 amide bonds. The number of rotatable bonds is 5. The first-order valence-electron chi connectivity index (χ1n) is 5.81. The fraction of sp³-hybridized carbons (Fsp3) is 1.00. The third-order valence-electron chi connectivity index (χ3n) is 3.41. The molecule has 0 spiro atoms. The summed E-state index contributed by atoms with van der Waals surface area (Å²) in [5, 5.41) is 0. The summed E-state index contributed by atoms with van der Waals surface area (Å²) in [6.45, 7) is 1.98. The summed E-state index contributed by atoms with van der Waals surface area (Å²) in [4.78, 5) is 1.50. The van der Waals surface area contributed by atoms with Crippen molar-refractivity contribution in [1.29, 1.82) is 0 Å². The third-order valence-corrected chi connectivity index (χ3v) is 4.08. The molecular formula is C11H20F3NS. The van der Waals surface area contributed by atoms with Crippen molar-refractivity contribution in [3.63, 3.8) is 0 Å². The van der Waals surface area contributed by atoms with Crippen LogP contribution in [0.1, 0.15) is 32.6 Å². The highest BCUT2D eigenvalue weighted by molar-refractivity contribution is 7.80. The van der Waals surface area contributed by atoms with Gasteiger partial charge in [0.2, 0.25) is 0 Å². The van der Waals surface area contributed by atoms with Gasteiger partial charge in [-0.15, -0.1) is 0 Å². The molecule has 0 aliphatic heterocycles. The number of thiol groups is 1. The molecule has 0 radical (unpaired) electrons. The largest absolute Gasteiger partial charge is 0.401 e. The molecule has 0 aromatic carbocycles. The fourth-order valence-corrected chi connectivity index (χ4v) is 2.91. The average molecular weight is 255 g/mol. The molecule has 16 heavy (non-hydrogen) atoms. The van der Waals surface area contributed by atoms with Crippen molar-refractivity contribution in [3.05, 3.63) is 0 Å². The van der Waals surface area contributed by atoms with Crippen LogP contribution in [0.2, 0.25) is 0 Å². The zero-order valence-electron chi connectivity index (χ0n) is 9.69. The van der Waals surface area contributed by atoms with E-state index in [1.54, 1.807) is 6.92 Å². The van der Waals surface area contributed by atoms with Crippen LogP contribution in [0.15, 0.2) is 0 Å². The number of halogens is 3. The SMILES string of the molecule is CCN(CC(F)(F)F)CC1(CS)CCCC1. The highest BCUT2D eigenvalue weighted by Gasteiger charge is 2.37. The molecule has 96 valence electrons. The molecular weight excluding hydrogens is 235 g/mol. The Balaban J connectivity index is 2.54. The second-order valence-corrected chi connectivity index (χ2v) is 5.10. The zero-order chi connectivity index (χ0) is 12.2. The van der Waals surface area contributed by atoms with Gasteiger partial charge in [0.1, 0.15) is 0 Å². The van der Waals surface area contributed by atoms with E-state index in [1.807, 2.05) is 0 Å². The van der Waals surface area contributed by atoms with Gasteiger partial charge in [0.25, 0.3) is 0 Å².